The molecule has 0 radical (unpaired) electrons. The van der Waals surface area contributed by atoms with Gasteiger partial charge in [0.15, 0.2) is 0 Å². The zero-order valence-corrected chi connectivity index (χ0v) is 11.8. The van der Waals surface area contributed by atoms with Gasteiger partial charge in [0.2, 0.25) is 0 Å². The molecule has 0 aromatic rings. The van der Waals surface area contributed by atoms with Crippen molar-refractivity contribution in [3.8, 4) is 0 Å². The van der Waals surface area contributed by atoms with Crippen LogP contribution in [0.4, 0.5) is 0 Å². The molecule has 0 amide bonds. The van der Waals surface area contributed by atoms with Gasteiger partial charge in [0.1, 0.15) is 5.84 Å². The Hall–Kier alpha value is -1.07. The van der Waals surface area contributed by atoms with E-state index in [0.717, 1.165) is 32.2 Å². The molecule has 3 rings (SSSR count). The van der Waals surface area contributed by atoms with Crippen LogP contribution in [0.5, 0.6) is 0 Å². The fourth-order valence-corrected chi connectivity index (χ4v) is 3.30. The Balaban J connectivity index is 1.50. The van der Waals surface area contributed by atoms with Gasteiger partial charge in [0, 0.05) is 64.1 Å². The maximum atomic E-state index is 4.70. The van der Waals surface area contributed by atoms with Crippen molar-refractivity contribution in [1.29, 1.82) is 0 Å². The molecule has 106 valence electrons. The Morgan fingerprint density at radius 1 is 1.26 bits per heavy atom. The number of hydrogen-bond donors (Lipinski definition) is 2. The second kappa shape index (κ2) is 5.92. The van der Waals surface area contributed by atoms with Gasteiger partial charge in [-0.1, -0.05) is 0 Å². The molecule has 2 fully saturated rings. The molecular formula is C14H25N5. The predicted octanol–water partition coefficient (Wildman–Crippen LogP) is 0.0749. The molecule has 2 N–H and O–H groups in total. The lowest BCUT2D eigenvalue weighted by atomic mass is 9.78. The van der Waals surface area contributed by atoms with Gasteiger partial charge in [0.25, 0.3) is 0 Å². The first-order chi connectivity index (χ1) is 9.38. The van der Waals surface area contributed by atoms with Gasteiger partial charge < -0.3 is 15.5 Å². The zero-order valence-electron chi connectivity index (χ0n) is 11.8. The van der Waals surface area contributed by atoms with Crippen molar-refractivity contribution in [1.82, 2.24) is 20.4 Å². The van der Waals surface area contributed by atoms with E-state index in [9.17, 15) is 0 Å². The fourth-order valence-electron chi connectivity index (χ4n) is 3.30. The van der Waals surface area contributed by atoms with Crippen LogP contribution in [0.2, 0.25) is 0 Å². The molecule has 1 saturated heterocycles. The molecular weight excluding hydrogens is 238 g/mol. The molecule has 2 aliphatic heterocycles. The normalized spacial score (nSPS) is 32.5. The Bertz CT molecular complexity index is 353. The number of aliphatic imine (C=N–C) groups is 1. The van der Waals surface area contributed by atoms with E-state index in [2.05, 4.69) is 26.6 Å². The van der Waals surface area contributed by atoms with Crippen molar-refractivity contribution in [2.45, 2.75) is 18.9 Å². The highest BCUT2D eigenvalue weighted by Crippen LogP contribution is 2.35. The third-order valence-corrected chi connectivity index (χ3v) is 4.48. The van der Waals surface area contributed by atoms with Crippen LogP contribution in [0.3, 0.4) is 0 Å². The maximum absolute atomic E-state index is 4.70. The molecule has 0 aromatic carbocycles. The lowest BCUT2D eigenvalue weighted by Crippen LogP contribution is -2.54. The van der Waals surface area contributed by atoms with Crippen molar-refractivity contribution in [3.05, 3.63) is 12.4 Å². The average Bonchev–Trinajstić information content (AvgIpc) is 2.84. The third kappa shape index (κ3) is 2.77. The molecule has 2 heterocycles. The van der Waals surface area contributed by atoms with Crippen molar-refractivity contribution in [3.63, 3.8) is 0 Å². The first kappa shape index (κ1) is 12.9. The first-order valence-corrected chi connectivity index (χ1v) is 7.48. The highest BCUT2D eigenvalue weighted by Gasteiger charge is 2.39. The van der Waals surface area contributed by atoms with Crippen LogP contribution in [-0.2, 0) is 0 Å². The SMILES string of the molecule is CN/C=C\N1CCN=C1[C@H]1C[C@@H](N2CCNCC2)C1. The molecule has 3 aliphatic rings. The van der Waals surface area contributed by atoms with Gasteiger partial charge in [0.05, 0.1) is 6.54 Å². The highest BCUT2D eigenvalue weighted by atomic mass is 15.3. The van der Waals surface area contributed by atoms with Crippen LogP contribution in [-0.4, -0.2) is 68.0 Å². The van der Waals surface area contributed by atoms with Gasteiger partial charge in [-0.15, -0.1) is 0 Å². The zero-order chi connectivity index (χ0) is 13.1. The summed E-state index contributed by atoms with van der Waals surface area (Å²) in [4.78, 5) is 9.67. The van der Waals surface area contributed by atoms with Crippen LogP contribution >= 0.6 is 0 Å². The van der Waals surface area contributed by atoms with E-state index >= 15 is 0 Å². The molecule has 1 aliphatic carbocycles. The molecule has 5 heteroatoms. The van der Waals surface area contributed by atoms with Crippen molar-refractivity contribution < 1.29 is 0 Å². The smallest absolute Gasteiger partial charge is 0.106 e. The van der Waals surface area contributed by atoms with Gasteiger partial charge in [-0.25, -0.2) is 0 Å². The van der Waals surface area contributed by atoms with Crippen molar-refractivity contribution in [2.24, 2.45) is 10.9 Å². The van der Waals surface area contributed by atoms with Crippen LogP contribution < -0.4 is 10.6 Å². The Kier molecular flexibility index (Phi) is 4.03. The van der Waals surface area contributed by atoms with E-state index in [4.69, 9.17) is 4.99 Å². The summed E-state index contributed by atoms with van der Waals surface area (Å²) >= 11 is 0. The van der Waals surface area contributed by atoms with Gasteiger partial charge in [-0.05, 0) is 12.8 Å². The standard InChI is InChI=1S/C14H25N5/c1-15-2-6-19-9-5-17-14(19)12-10-13(11-12)18-7-3-16-4-8-18/h2,6,12-13,15-16H,3-5,7-11H2,1H3/b6-2-/t12-,13+. The Morgan fingerprint density at radius 2 is 2.05 bits per heavy atom. The molecule has 19 heavy (non-hydrogen) atoms. The lowest BCUT2D eigenvalue weighted by molar-refractivity contribution is 0.0891. The summed E-state index contributed by atoms with van der Waals surface area (Å²) in [5.41, 5.74) is 0. The molecule has 5 nitrogen and oxygen atoms in total. The number of nitrogens with one attached hydrogen (secondary N) is 2. The van der Waals surface area contributed by atoms with E-state index in [1.165, 1.54) is 31.8 Å². The van der Waals surface area contributed by atoms with Crippen molar-refractivity contribution >= 4 is 5.84 Å². The number of nitrogens with zero attached hydrogens (tertiary/aromatic N) is 3. The molecule has 0 unspecified atom stereocenters. The van der Waals surface area contributed by atoms with Crippen LogP contribution in [0.25, 0.3) is 0 Å². The Labute approximate surface area is 115 Å². The highest BCUT2D eigenvalue weighted by molar-refractivity contribution is 5.87. The van der Waals surface area contributed by atoms with Crippen LogP contribution in [0.1, 0.15) is 12.8 Å². The summed E-state index contributed by atoms with van der Waals surface area (Å²) in [5, 5.41) is 6.48. The molecule has 0 atom stereocenters. The van der Waals surface area contributed by atoms with E-state index < -0.39 is 0 Å². The molecule has 0 spiro atoms. The number of hydrogen-bond acceptors (Lipinski definition) is 5. The van der Waals surface area contributed by atoms with E-state index in [-0.39, 0.29) is 0 Å². The maximum Gasteiger partial charge on any atom is 0.106 e. The molecule has 0 aromatic heterocycles. The second-order valence-corrected chi connectivity index (χ2v) is 5.65. The number of piperazine rings is 1. The van der Waals surface area contributed by atoms with Crippen LogP contribution in [0, 0.1) is 5.92 Å². The minimum Gasteiger partial charge on any atom is -0.393 e. The third-order valence-electron chi connectivity index (χ3n) is 4.48. The monoisotopic (exact) mass is 263 g/mol. The summed E-state index contributed by atoms with van der Waals surface area (Å²) < 4.78 is 0. The largest absolute Gasteiger partial charge is 0.393 e. The average molecular weight is 263 g/mol. The lowest BCUT2D eigenvalue weighted by Gasteiger charge is -2.45. The molecule has 0 bridgehead atoms. The van der Waals surface area contributed by atoms with Crippen LogP contribution in [0.15, 0.2) is 17.4 Å². The van der Waals surface area contributed by atoms with E-state index in [1.54, 1.807) is 0 Å². The predicted molar refractivity (Wildman–Crippen MR) is 78.2 cm³/mol. The summed E-state index contributed by atoms with van der Waals surface area (Å²) in [5.74, 6) is 2.00. The topological polar surface area (TPSA) is 42.9 Å². The number of amidine groups is 1. The van der Waals surface area contributed by atoms with Crippen molar-refractivity contribution in [2.75, 3.05) is 46.3 Å². The van der Waals surface area contributed by atoms with Gasteiger partial charge in [-0.2, -0.15) is 0 Å². The second-order valence-electron chi connectivity index (χ2n) is 5.65. The molecule has 1 saturated carbocycles. The summed E-state index contributed by atoms with van der Waals surface area (Å²) in [6.45, 7) is 6.74. The minimum atomic E-state index is 0.684. The van der Waals surface area contributed by atoms with E-state index in [1.807, 2.05) is 13.2 Å². The first-order valence-electron chi connectivity index (χ1n) is 7.48. The fraction of sp³-hybridized carbons (Fsp3) is 0.786. The summed E-state index contributed by atoms with van der Waals surface area (Å²) in [6.07, 6.45) is 6.71. The Morgan fingerprint density at radius 3 is 2.79 bits per heavy atom. The minimum absolute atomic E-state index is 0.684. The van der Waals surface area contributed by atoms with Gasteiger partial charge >= 0.3 is 0 Å². The van der Waals surface area contributed by atoms with E-state index in [0.29, 0.717) is 5.92 Å². The summed E-state index contributed by atoms with van der Waals surface area (Å²) in [6, 6.07) is 0.797. The summed E-state index contributed by atoms with van der Waals surface area (Å²) in [7, 11) is 1.94. The number of rotatable bonds is 4. The van der Waals surface area contributed by atoms with Gasteiger partial charge in [-0.3, -0.25) is 9.89 Å². The quantitative estimate of drug-likeness (QED) is 0.753.